The van der Waals surface area contributed by atoms with E-state index >= 15 is 0 Å². The Bertz CT molecular complexity index is 352. The zero-order valence-electron chi connectivity index (χ0n) is 6.47. The van der Waals surface area contributed by atoms with E-state index in [-0.39, 0.29) is 6.07 Å². The topological polar surface area (TPSA) is 43.1 Å². The Morgan fingerprint density at radius 1 is 1.31 bits per heavy atom. The predicted octanol–water partition coefficient (Wildman–Crippen LogP) is 2.32. The predicted molar refractivity (Wildman–Crippen MR) is 37.7 cm³/mol. The van der Waals surface area contributed by atoms with Gasteiger partial charge in [-0.3, -0.25) is 10.1 Å². The zero-order valence-corrected chi connectivity index (χ0v) is 6.47. The highest BCUT2D eigenvalue weighted by molar-refractivity contribution is 5.41. The van der Waals surface area contributed by atoms with Gasteiger partial charge in [0.15, 0.2) is 5.82 Å². The molecule has 0 aliphatic carbocycles. The Morgan fingerprint density at radius 3 is 2.31 bits per heavy atom. The van der Waals surface area contributed by atoms with Crippen molar-refractivity contribution in [2.75, 3.05) is 0 Å². The van der Waals surface area contributed by atoms with E-state index in [1.807, 2.05) is 0 Å². The standard InChI is InChI=1S/C7H4F3NO2/c1-3-4(8)2-5(9)6(10)7(3)11(12)13/h2H,1H3. The number of nitro groups is 1. The van der Waals surface area contributed by atoms with Crippen LogP contribution in [-0.4, -0.2) is 4.92 Å². The number of halogens is 3. The summed E-state index contributed by atoms with van der Waals surface area (Å²) < 4.78 is 37.8. The smallest absolute Gasteiger partial charge is 0.258 e. The van der Waals surface area contributed by atoms with Gasteiger partial charge in [0.1, 0.15) is 5.82 Å². The molecule has 13 heavy (non-hydrogen) atoms. The maximum absolute atomic E-state index is 12.7. The number of hydrogen-bond acceptors (Lipinski definition) is 2. The van der Waals surface area contributed by atoms with Crippen LogP contribution in [0.1, 0.15) is 5.56 Å². The van der Waals surface area contributed by atoms with Gasteiger partial charge in [0.2, 0.25) is 5.82 Å². The first-order valence-corrected chi connectivity index (χ1v) is 3.23. The maximum atomic E-state index is 12.7. The molecule has 0 bridgehead atoms. The van der Waals surface area contributed by atoms with Crippen molar-refractivity contribution in [3.63, 3.8) is 0 Å². The summed E-state index contributed by atoms with van der Waals surface area (Å²) >= 11 is 0. The summed E-state index contributed by atoms with van der Waals surface area (Å²) in [5, 5.41) is 10.2. The Labute approximate surface area is 70.9 Å². The number of benzene rings is 1. The van der Waals surface area contributed by atoms with Gasteiger partial charge in [-0.05, 0) is 6.92 Å². The van der Waals surface area contributed by atoms with Crippen LogP contribution in [0.25, 0.3) is 0 Å². The number of nitrogens with zero attached hydrogens (tertiary/aromatic N) is 1. The molecule has 0 aliphatic rings. The van der Waals surface area contributed by atoms with E-state index in [0.29, 0.717) is 0 Å². The van der Waals surface area contributed by atoms with Crippen LogP contribution in [-0.2, 0) is 0 Å². The molecular formula is C7H4F3NO2. The second-order valence-corrected chi connectivity index (χ2v) is 2.38. The van der Waals surface area contributed by atoms with E-state index in [2.05, 4.69) is 0 Å². The van der Waals surface area contributed by atoms with Crippen LogP contribution in [0.3, 0.4) is 0 Å². The van der Waals surface area contributed by atoms with Gasteiger partial charge in [0.05, 0.1) is 10.5 Å². The molecule has 0 radical (unpaired) electrons. The van der Waals surface area contributed by atoms with Gasteiger partial charge in [0.25, 0.3) is 0 Å². The monoisotopic (exact) mass is 191 g/mol. The Kier molecular flexibility index (Phi) is 2.22. The molecule has 0 fully saturated rings. The number of rotatable bonds is 1. The van der Waals surface area contributed by atoms with Crippen LogP contribution >= 0.6 is 0 Å². The van der Waals surface area contributed by atoms with Gasteiger partial charge >= 0.3 is 5.69 Å². The first kappa shape index (κ1) is 9.50. The van der Waals surface area contributed by atoms with Gasteiger partial charge in [-0.25, -0.2) is 8.78 Å². The van der Waals surface area contributed by atoms with Crippen LogP contribution in [0.5, 0.6) is 0 Å². The van der Waals surface area contributed by atoms with Gasteiger partial charge < -0.3 is 0 Å². The van der Waals surface area contributed by atoms with Crippen molar-refractivity contribution in [1.29, 1.82) is 0 Å². The molecule has 0 saturated heterocycles. The Hall–Kier alpha value is -1.59. The van der Waals surface area contributed by atoms with Crippen molar-refractivity contribution >= 4 is 5.69 Å². The van der Waals surface area contributed by atoms with E-state index < -0.39 is 33.6 Å². The molecule has 1 aromatic carbocycles. The fourth-order valence-electron chi connectivity index (χ4n) is 0.891. The zero-order chi connectivity index (χ0) is 10.2. The first-order chi connectivity index (χ1) is 5.95. The van der Waals surface area contributed by atoms with Gasteiger partial charge in [0, 0.05) is 6.07 Å². The van der Waals surface area contributed by atoms with Crippen molar-refractivity contribution in [3.05, 3.63) is 39.2 Å². The maximum Gasteiger partial charge on any atom is 0.313 e. The minimum absolute atomic E-state index is 0.275. The Morgan fingerprint density at radius 2 is 1.85 bits per heavy atom. The van der Waals surface area contributed by atoms with E-state index in [4.69, 9.17) is 0 Å². The SMILES string of the molecule is Cc1c(F)cc(F)c(F)c1[N+](=O)[O-]. The van der Waals surface area contributed by atoms with Crippen molar-refractivity contribution in [2.24, 2.45) is 0 Å². The molecule has 1 aromatic rings. The molecule has 0 amide bonds. The minimum atomic E-state index is -1.64. The summed E-state index contributed by atoms with van der Waals surface area (Å²) in [4.78, 5) is 9.02. The van der Waals surface area contributed by atoms with Crippen molar-refractivity contribution < 1.29 is 18.1 Å². The first-order valence-electron chi connectivity index (χ1n) is 3.23. The van der Waals surface area contributed by atoms with Crippen LogP contribution in [0.2, 0.25) is 0 Å². The van der Waals surface area contributed by atoms with E-state index in [1.165, 1.54) is 0 Å². The third-order valence-electron chi connectivity index (χ3n) is 1.57. The average molecular weight is 191 g/mol. The molecule has 0 saturated carbocycles. The summed E-state index contributed by atoms with van der Waals surface area (Å²) in [6.07, 6.45) is 0. The lowest BCUT2D eigenvalue weighted by molar-refractivity contribution is -0.388. The second-order valence-electron chi connectivity index (χ2n) is 2.38. The van der Waals surface area contributed by atoms with E-state index in [0.717, 1.165) is 6.92 Å². The highest BCUT2D eigenvalue weighted by atomic mass is 19.2. The molecule has 0 spiro atoms. The lowest BCUT2D eigenvalue weighted by atomic mass is 10.2. The fourth-order valence-corrected chi connectivity index (χ4v) is 0.891. The highest BCUT2D eigenvalue weighted by Crippen LogP contribution is 2.26. The molecule has 0 heterocycles. The lowest BCUT2D eigenvalue weighted by Gasteiger charge is -2.00. The van der Waals surface area contributed by atoms with Crippen LogP contribution < -0.4 is 0 Å². The molecule has 0 unspecified atom stereocenters. The summed E-state index contributed by atoms with van der Waals surface area (Å²) in [6.45, 7) is 1.01. The number of nitro benzene ring substituents is 1. The molecule has 0 aliphatic heterocycles. The van der Waals surface area contributed by atoms with E-state index in [9.17, 15) is 23.3 Å². The largest absolute Gasteiger partial charge is 0.313 e. The fraction of sp³-hybridized carbons (Fsp3) is 0.143. The molecule has 6 heteroatoms. The second kappa shape index (κ2) is 3.04. The van der Waals surface area contributed by atoms with Crippen molar-refractivity contribution in [2.45, 2.75) is 6.92 Å². The van der Waals surface area contributed by atoms with Crippen LogP contribution in [0.15, 0.2) is 6.07 Å². The number of hydrogen-bond donors (Lipinski definition) is 0. The third kappa shape index (κ3) is 1.47. The molecule has 70 valence electrons. The van der Waals surface area contributed by atoms with Gasteiger partial charge in [-0.2, -0.15) is 4.39 Å². The molecule has 0 atom stereocenters. The third-order valence-corrected chi connectivity index (χ3v) is 1.57. The molecule has 3 nitrogen and oxygen atoms in total. The summed E-state index contributed by atoms with van der Waals surface area (Å²) in [6, 6.07) is 0.275. The molecule has 0 aromatic heterocycles. The quantitative estimate of drug-likeness (QED) is 0.388. The molecule has 0 N–H and O–H groups in total. The van der Waals surface area contributed by atoms with Crippen LogP contribution in [0, 0.1) is 34.5 Å². The molecular weight excluding hydrogens is 187 g/mol. The van der Waals surface area contributed by atoms with Crippen LogP contribution in [0.4, 0.5) is 18.9 Å². The van der Waals surface area contributed by atoms with Gasteiger partial charge in [-0.15, -0.1) is 0 Å². The van der Waals surface area contributed by atoms with Gasteiger partial charge in [-0.1, -0.05) is 0 Å². The normalized spacial score (nSPS) is 10.2. The summed E-state index contributed by atoms with van der Waals surface area (Å²) in [7, 11) is 0. The summed E-state index contributed by atoms with van der Waals surface area (Å²) in [5.41, 5.74) is -1.67. The summed E-state index contributed by atoms with van der Waals surface area (Å²) in [5.74, 6) is -4.33. The average Bonchev–Trinajstić information content (AvgIpc) is 2.01. The van der Waals surface area contributed by atoms with Crippen molar-refractivity contribution in [3.8, 4) is 0 Å². The minimum Gasteiger partial charge on any atom is -0.258 e. The molecule has 1 rings (SSSR count). The lowest BCUT2D eigenvalue weighted by Crippen LogP contribution is -2.01. The van der Waals surface area contributed by atoms with E-state index in [1.54, 1.807) is 0 Å². The van der Waals surface area contributed by atoms with Crippen molar-refractivity contribution in [1.82, 2.24) is 0 Å². The Balaban J connectivity index is 3.56. The highest BCUT2D eigenvalue weighted by Gasteiger charge is 2.24.